The second-order valence-electron chi connectivity index (χ2n) is 9.54. The van der Waals surface area contributed by atoms with Crippen molar-refractivity contribution < 1.29 is 23.9 Å². The van der Waals surface area contributed by atoms with Crippen LogP contribution in [0.5, 0.6) is 0 Å². The number of benzene rings is 3. The van der Waals surface area contributed by atoms with Crippen molar-refractivity contribution in [2.45, 2.75) is 39.2 Å². The Kier molecular flexibility index (Phi) is 8.58. The van der Waals surface area contributed by atoms with Gasteiger partial charge in [0.25, 0.3) is 0 Å². The lowest BCUT2D eigenvalue weighted by atomic mass is 9.82. The van der Waals surface area contributed by atoms with Gasteiger partial charge in [-0.3, -0.25) is 14.4 Å². The predicted octanol–water partition coefficient (Wildman–Crippen LogP) is 5.46. The monoisotopic (exact) mass is 472 g/mol. The van der Waals surface area contributed by atoms with Crippen molar-refractivity contribution in [2.75, 3.05) is 7.11 Å². The smallest absolute Gasteiger partial charge is 0.317 e. The Morgan fingerprint density at radius 3 is 1.80 bits per heavy atom. The molecule has 0 aliphatic carbocycles. The molecule has 0 aliphatic heterocycles. The third-order valence-electron chi connectivity index (χ3n) is 5.65. The number of rotatable bonds is 9. The molecule has 0 radical (unpaired) electrons. The molecular formula is C30H32O5. The number of esters is 2. The number of Topliss-reactive ketones (excluding diaryl/α,β-unsaturated/α-hetero) is 1. The van der Waals surface area contributed by atoms with Gasteiger partial charge in [0.05, 0.1) is 13.0 Å². The first kappa shape index (κ1) is 25.9. The number of hydrogen-bond acceptors (Lipinski definition) is 5. The highest BCUT2D eigenvalue weighted by molar-refractivity contribution is 6.03. The van der Waals surface area contributed by atoms with Crippen molar-refractivity contribution in [2.24, 2.45) is 11.8 Å². The van der Waals surface area contributed by atoms with Crippen LogP contribution >= 0.6 is 0 Å². The van der Waals surface area contributed by atoms with Crippen LogP contribution in [0.25, 0.3) is 11.1 Å². The van der Waals surface area contributed by atoms with E-state index in [2.05, 4.69) is 0 Å². The Morgan fingerprint density at radius 1 is 0.714 bits per heavy atom. The number of methoxy groups -OCH3 is 1. The number of carbonyl (C=O) groups excluding carboxylic acids is 3. The van der Waals surface area contributed by atoms with E-state index >= 15 is 0 Å². The van der Waals surface area contributed by atoms with Crippen molar-refractivity contribution in [3.05, 3.63) is 96.1 Å². The van der Waals surface area contributed by atoms with Crippen molar-refractivity contribution in [1.29, 1.82) is 0 Å². The molecule has 0 heterocycles. The normalized spacial score (nSPS) is 12.9. The average molecular weight is 473 g/mol. The summed E-state index contributed by atoms with van der Waals surface area (Å²) in [5.74, 6) is -3.98. The Morgan fingerprint density at radius 2 is 1.26 bits per heavy atom. The maximum atomic E-state index is 13.5. The van der Waals surface area contributed by atoms with Crippen LogP contribution in [-0.4, -0.2) is 30.4 Å². The Bertz CT molecular complexity index is 1130. The van der Waals surface area contributed by atoms with Crippen LogP contribution < -0.4 is 0 Å². The molecule has 0 aromatic heterocycles. The summed E-state index contributed by atoms with van der Waals surface area (Å²) in [6.45, 7) is 5.21. The molecule has 0 amide bonds. The first-order valence-corrected chi connectivity index (χ1v) is 11.7. The molecule has 2 atom stereocenters. The molecule has 3 rings (SSSR count). The molecule has 5 heteroatoms. The van der Waals surface area contributed by atoms with Crippen LogP contribution in [0, 0.1) is 11.8 Å². The van der Waals surface area contributed by atoms with E-state index in [1.54, 1.807) is 20.8 Å². The molecule has 0 aliphatic rings. The zero-order chi connectivity index (χ0) is 25.4. The number of ketones is 1. The number of hydrogen-bond donors (Lipinski definition) is 0. The molecule has 0 saturated heterocycles. The molecule has 0 fully saturated rings. The summed E-state index contributed by atoms with van der Waals surface area (Å²) in [6, 6.07) is 26.8. The maximum Gasteiger partial charge on any atom is 0.317 e. The van der Waals surface area contributed by atoms with Gasteiger partial charge in [0.2, 0.25) is 0 Å². The predicted molar refractivity (Wildman–Crippen MR) is 136 cm³/mol. The van der Waals surface area contributed by atoms with E-state index in [-0.39, 0.29) is 18.6 Å². The summed E-state index contributed by atoms with van der Waals surface area (Å²) in [4.78, 5) is 39.6. The van der Waals surface area contributed by atoms with Gasteiger partial charge in [0.15, 0.2) is 5.78 Å². The topological polar surface area (TPSA) is 69.7 Å². The lowest BCUT2D eigenvalue weighted by Gasteiger charge is -2.27. The largest absolute Gasteiger partial charge is 0.469 e. The SMILES string of the molecule is COC(=O)[C@H](Cc1ccccc1)C(C(=O)Cc1ccc(-c2ccccc2)cc1)C(=O)OC(C)(C)C. The molecule has 35 heavy (non-hydrogen) atoms. The van der Waals surface area contributed by atoms with Gasteiger partial charge in [-0.05, 0) is 49.4 Å². The first-order chi connectivity index (χ1) is 16.7. The molecule has 3 aromatic carbocycles. The van der Waals surface area contributed by atoms with Crippen LogP contribution in [0.15, 0.2) is 84.9 Å². The van der Waals surface area contributed by atoms with Crippen molar-refractivity contribution in [3.8, 4) is 11.1 Å². The van der Waals surface area contributed by atoms with Crippen LogP contribution in [0.2, 0.25) is 0 Å². The van der Waals surface area contributed by atoms with Crippen molar-refractivity contribution in [1.82, 2.24) is 0 Å². The lowest BCUT2D eigenvalue weighted by Crippen LogP contribution is -2.42. The fourth-order valence-electron chi connectivity index (χ4n) is 4.00. The Hall–Kier alpha value is -3.73. The number of ether oxygens (including phenoxy) is 2. The second kappa shape index (κ2) is 11.6. The molecule has 0 bridgehead atoms. The first-order valence-electron chi connectivity index (χ1n) is 11.7. The summed E-state index contributed by atoms with van der Waals surface area (Å²) in [5, 5.41) is 0. The fourth-order valence-corrected chi connectivity index (χ4v) is 4.00. The zero-order valence-electron chi connectivity index (χ0n) is 20.7. The molecule has 5 nitrogen and oxygen atoms in total. The quantitative estimate of drug-likeness (QED) is 0.306. The average Bonchev–Trinajstić information content (AvgIpc) is 2.83. The summed E-state index contributed by atoms with van der Waals surface area (Å²) in [6.07, 6.45) is 0.192. The van der Waals surface area contributed by atoms with E-state index < -0.39 is 29.4 Å². The Labute approximate surface area is 207 Å². The second-order valence-corrected chi connectivity index (χ2v) is 9.54. The highest BCUT2D eigenvalue weighted by Crippen LogP contribution is 2.26. The van der Waals surface area contributed by atoms with E-state index in [4.69, 9.17) is 9.47 Å². The summed E-state index contributed by atoms with van der Waals surface area (Å²) in [7, 11) is 1.26. The zero-order valence-corrected chi connectivity index (χ0v) is 20.7. The molecule has 0 N–H and O–H groups in total. The molecule has 182 valence electrons. The van der Waals surface area contributed by atoms with Crippen LogP contribution in [0.1, 0.15) is 31.9 Å². The minimum atomic E-state index is -1.28. The van der Waals surface area contributed by atoms with Gasteiger partial charge in [-0.2, -0.15) is 0 Å². The summed E-state index contributed by atoms with van der Waals surface area (Å²) >= 11 is 0. The van der Waals surface area contributed by atoms with Crippen molar-refractivity contribution in [3.63, 3.8) is 0 Å². The minimum Gasteiger partial charge on any atom is -0.469 e. The van der Waals surface area contributed by atoms with Gasteiger partial charge >= 0.3 is 11.9 Å². The summed E-state index contributed by atoms with van der Waals surface area (Å²) in [5.41, 5.74) is 2.89. The third kappa shape index (κ3) is 7.38. The third-order valence-corrected chi connectivity index (χ3v) is 5.65. The molecule has 0 spiro atoms. The van der Waals surface area contributed by atoms with Gasteiger partial charge < -0.3 is 9.47 Å². The highest BCUT2D eigenvalue weighted by atomic mass is 16.6. The van der Waals surface area contributed by atoms with E-state index in [1.807, 2.05) is 84.9 Å². The van der Waals surface area contributed by atoms with Gasteiger partial charge in [0, 0.05) is 6.42 Å². The van der Waals surface area contributed by atoms with Gasteiger partial charge in [-0.25, -0.2) is 0 Å². The summed E-state index contributed by atoms with van der Waals surface area (Å²) < 4.78 is 10.6. The minimum absolute atomic E-state index is 0.00125. The molecule has 3 aromatic rings. The maximum absolute atomic E-state index is 13.5. The fraction of sp³-hybridized carbons (Fsp3) is 0.300. The van der Waals surface area contributed by atoms with Crippen LogP contribution in [0.4, 0.5) is 0 Å². The van der Waals surface area contributed by atoms with Gasteiger partial charge in [0.1, 0.15) is 11.5 Å². The van der Waals surface area contributed by atoms with Crippen LogP contribution in [-0.2, 0) is 36.7 Å². The lowest BCUT2D eigenvalue weighted by molar-refractivity contribution is -0.169. The van der Waals surface area contributed by atoms with Crippen LogP contribution in [0.3, 0.4) is 0 Å². The molecule has 1 unspecified atom stereocenters. The molecular weight excluding hydrogens is 440 g/mol. The van der Waals surface area contributed by atoms with Crippen molar-refractivity contribution >= 4 is 17.7 Å². The standard InChI is InChI=1S/C30H32O5/c1-30(2,3)35-29(33)27(25(28(32)34-4)19-21-11-7-5-8-12-21)26(31)20-22-15-17-24(18-16-22)23-13-9-6-10-14-23/h5-18,25,27H,19-20H2,1-4H3/t25-,27?/m1/s1. The van der Waals surface area contributed by atoms with E-state index in [0.29, 0.717) is 0 Å². The Balaban J connectivity index is 1.89. The molecule has 0 saturated carbocycles. The van der Waals surface area contributed by atoms with Gasteiger partial charge in [-0.15, -0.1) is 0 Å². The van der Waals surface area contributed by atoms with E-state index in [0.717, 1.165) is 22.3 Å². The highest BCUT2D eigenvalue weighted by Gasteiger charge is 2.42. The van der Waals surface area contributed by atoms with E-state index in [9.17, 15) is 14.4 Å². The van der Waals surface area contributed by atoms with E-state index in [1.165, 1.54) is 7.11 Å². The van der Waals surface area contributed by atoms with Gasteiger partial charge in [-0.1, -0.05) is 84.9 Å². The number of carbonyl (C=O) groups is 3.